The molecule has 0 aliphatic carbocycles. The number of thiophene rings is 1. The highest BCUT2D eigenvalue weighted by atomic mass is 32.2. The Balaban J connectivity index is 2.09. The van der Waals surface area contributed by atoms with Crippen LogP contribution in [0.5, 0.6) is 0 Å². The van der Waals surface area contributed by atoms with E-state index in [0.717, 1.165) is 16.7 Å². The van der Waals surface area contributed by atoms with Gasteiger partial charge in [0.1, 0.15) is 0 Å². The number of aryl methyl sites for hydroxylation is 1. The Kier molecular flexibility index (Phi) is 5.52. The molecule has 1 aromatic heterocycles. The molecule has 0 spiro atoms. The first-order chi connectivity index (χ1) is 10.0. The third kappa shape index (κ3) is 4.38. The minimum atomic E-state index is -3.46. The molecule has 0 aliphatic rings. The molecule has 0 aliphatic heterocycles. The first kappa shape index (κ1) is 16.2. The van der Waals surface area contributed by atoms with E-state index in [2.05, 4.69) is 10.0 Å². The van der Waals surface area contributed by atoms with Crippen LogP contribution in [0.15, 0.2) is 39.9 Å². The van der Waals surface area contributed by atoms with Crippen molar-refractivity contribution in [2.45, 2.75) is 24.8 Å². The van der Waals surface area contributed by atoms with Crippen LogP contribution >= 0.6 is 11.3 Å². The van der Waals surface area contributed by atoms with Crippen LogP contribution in [-0.2, 0) is 23.0 Å². The molecule has 2 rings (SSSR count). The number of hydrogen-bond donors (Lipinski definition) is 2. The Hall–Kier alpha value is -1.21. The maximum absolute atomic E-state index is 12.4. The van der Waals surface area contributed by atoms with Gasteiger partial charge in [0.15, 0.2) is 0 Å². The van der Waals surface area contributed by atoms with Crippen molar-refractivity contribution < 1.29 is 8.42 Å². The Morgan fingerprint density at radius 1 is 1.19 bits per heavy atom. The van der Waals surface area contributed by atoms with Gasteiger partial charge in [-0.15, -0.1) is 0 Å². The smallest absolute Gasteiger partial charge is 0.240 e. The summed E-state index contributed by atoms with van der Waals surface area (Å²) in [5.74, 6) is 0. The van der Waals surface area contributed by atoms with Crippen molar-refractivity contribution in [2.75, 3.05) is 13.6 Å². The standard InChI is InChI=1S/C15H20N2O2S2/c1-12-3-4-14(10-16-2)9-15(12)21(18,19)17-7-5-13-6-8-20-11-13/h3-4,6,8-9,11,16-17H,5,7,10H2,1-2H3. The predicted molar refractivity (Wildman–Crippen MR) is 87.2 cm³/mol. The Morgan fingerprint density at radius 2 is 2.00 bits per heavy atom. The Morgan fingerprint density at radius 3 is 2.67 bits per heavy atom. The molecule has 1 aromatic carbocycles. The van der Waals surface area contributed by atoms with Crippen molar-refractivity contribution in [2.24, 2.45) is 0 Å². The number of benzene rings is 1. The molecule has 114 valence electrons. The summed E-state index contributed by atoms with van der Waals surface area (Å²) in [6.45, 7) is 2.88. The molecular formula is C15H20N2O2S2. The lowest BCUT2D eigenvalue weighted by Gasteiger charge is -2.11. The van der Waals surface area contributed by atoms with E-state index in [1.54, 1.807) is 17.4 Å². The molecule has 2 N–H and O–H groups in total. The average molecular weight is 324 g/mol. The highest BCUT2D eigenvalue weighted by Gasteiger charge is 2.16. The van der Waals surface area contributed by atoms with Gasteiger partial charge in [-0.25, -0.2) is 13.1 Å². The SMILES string of the molecule is CNCc1ccc(C)c(S(=O)(=O)NCCc2ccsc2)c1. The van der Waals surface area contributed by atoms with Crippen molar-refractivity contribution in [1.29, 1.82) is 0 Å². The van der Waals surface area contributed by atoms with Gasteiger partial charge in [-0.1, -0.05) is 12.1 Å². The van der Waals surface area contributed by atoms with E-state index < -0.39 is 10.0 Å². The molecule has 21 heavy (non-hydrogen) atoms. The van der Waals surface area contributed by atoms with E-state index in [1.165, 1.54) is 0 Å². The lowest BCUT2D eigenvalue weighted by atomic mass is 10.1. The average Bonchev–Trinajstić information content (AvgIpc) is 2.94. The zero-order valence-corrected chi connectivity index (χ0v) is 13.9. The van der Waals surface area contributed by atoms with Gasteiger partial charge in [0, 0.05) is 13.1 Å². The second kappa shape index (κ2) is 7.17. The molecule has 0 bridgehead atoms. The monoisotopic (exact) mass is 324 g/mol. The van der Waals surface area contributed by atoms with Crippen LogP contribution in [0.2, 0.25) is 0 Å². The lowest BCUT2D eigenvalue weighted by Crippen LogP contribution is -2.26. The van der Waals surface area contributed by atoms with Gasteiger partial charge in [-0.05, 0) is 60.0 Å². The minimum Gasteiger partial charge on any atom is -0.316 e. The summed E-state index contributed by atoms with van der Waals surface area (Å²) in [4.78, 5) is 0.362. The highest BCUT2D eigenvalue weighted by Crippen LogP contribution is 2.17. The van der Waals surface area contributed by atoms with Crippen molar-refractivity contribution in [3.63, 3.8) is 0 Å². The molecule has 4 nitrogen and oxygen atoms in total. The molecule has 0 radical (unpaired) electrons. The topological polar surface area (TPSA) is 58.2 Å². The van der Waals surface area contributed by atoms with Crippen LogP contribution in [0.25, 0.3) is 0 Å². The first-order valence-corrected chi connectivity index (χ1v) is 9.20. The van der Waals surface area contributed by atoms with Crippen molar-refractivity contribution >= 4 is 21.4 Å². The molecule has 1 heterocycles. The summed E-state index contributed by atoms with van der Waals surface area (Å²) in [5.41, 5.74) is 2.88. The summed E-state index contributed by atoms with van der Waals surface area (Å²) in [6, 6.07) is 7.53. The van der Waals surface area contributed by atoms with E-state index in [1.807, 2.05) is 42.9 Å². The van der Waals surface area contributed by atoms with Crippen molar-refractivity contribution in [1.82, 2.24) is 10.0 Å². The zero-order chi connectivity index (χ0) is 15.3. The quantitative estimate of drug-likeness (QED) is 0.821. The maximum Gasteiger partial charge on any atom is 0.240 e. The van der Waals surface area contributed by atoms with Crippen LogP contribution < -0.4 is 10.0 Å². The van der Waals surface area contributed by atoms with Crippen molar-refractivity contribution in [3.05, 3.63) is 51.7 Å². The van der Waals surface area contributed by atoms with Gasteiger partial charge in [-0.2, -0.15) is 11.3 Å². The minimum absolute atomic E-state index is 0.362. The van der Waals surface area contributed by atoms with Crippen LogP contribution in [0, 0.1) is 6.92 Å². The highest BCUT2D eigenvalue weighted by molar-refractivity contribution is 7.89. The molecule has 2 aromatic rings. The summed E-state index contributed by atoms with van der Waals surface area (Å²) >= 11 is 1.62. The van der Waals surface area contributed by atoms with Crippen LogP contribution in [0.4, 0.5) is 0 Å². The lowest BCUT2D eigenvalue weighted by molar-refractivity contribution is 0.581. The van der Waals surface area contributed by atoms with Crippen molar-refractivity contribution in [3.8, 4) is 0 Å². The molecule has 6 heteroatoms. The largest absolute Gasteiger partial charge is 0.316 e. The summed E-state index contributed by atoms with van der Waals surface area (Å²) in [5, 5.41) is 7.06. The molecule has 0 saturated carbocycles. The number of sulfonamides is 1. The fourth-order valence-corrected chi connectivity index (χ4v) is 4.12. The third-order valence-electron chi connectivity index (χ3n) is 3.21. The van der Waals surface area contributed by atoms with Crippen LogP contribution in [0.1, 0.15) is 16.7 Å². The number of nitrogens with one attached hydrogen (secondary N) is 2. The van der Waals surface area contributed by atoms with Gasteiger partial charge >= 0.3 is 0 Å². The van der Waals surface area contributed by atoms with Crippen LogP contribution in [0.3, 0.4) is 0 Å². The molecular weight excluding hydrogens is 304 g/mol. The molecule has 0 atom stereocenters. The summed E-state index contributed by atoms with van der Waals surface area (Å²) < 4.78 is 27.5. The molecule has 0 fully saturated rings. The van der Waals surface area contributed by atoms with Gasteiger partial charge in [0.2, 0.25) is 10.0 Å². The number of rotatable bonds is 7. The fraction of sp³-hybridized carbons (Fsp3) is 0.333. The predicted octanol–water partition coefficient (Wildman–Crippen LogP) is 2.30. The fourth-order valence-electron chi connectivity index (χ4n) is 2.09. The van der Waals surface area contributed by atoms with E-state index >= 15 is 0 Å². The van der Waals surface area contributed by atoms with Gasteiger partial charge in [0.25, 0.3) is 0 Å². The van der Waals surface area contributed by atoms with E-state index in [4.69, 9.17) is 0 Å². The zero-order valence-electron chi connectivity index (χ0n) is 12.2. The van der Waals surface area contributed by atoms with E-state index in [-0.39, 0.29) is 0 Å². The Labute approximate surface area is 130 Å². The van der Waals surface area contributed by atoms with E-state index in [0.29, 0.717) is 24.4 Å². The Bertz CT molecular complexity index is 680. The molecule has 0 unspecified atom stereocenters. The second-order valence-corrected chi connectivity index (χ2v) is 7.42. The van der Waals surface area contributed by atoms with Gasteiger partial charge < -0.3 is 5.32 Å². The third-order valence-corrected chi connectivity index (χ3v) is 5.54. The van der Waals surface area contributed by atoms with Gasteiger partial charge in [-0.3, -0.25) is 0 Å². The van der Waals surface area contributed by atoms with E-state index in [9.17, 15) is 8.42 Å². The molecule has 0 amide bonds. The second-order valence-electron chi connectivity index (χ2n) is 4.91. The van der Waals surface area contributed by atoms with Gasteiger partial charge in [0.05, 0.1) is 4.90 Å². The molecule has 0 saturated heterocycles. The normalized spacial score (nSPS) is 11.7. The van der Waals surface area contributed by atoms with Crippen LogP contribution in [-0.4, -0.2) is 22.0 Å². The maximum atomic E-state index is 12.4. The summed E-state index contributed by atoms with van der Waals surface area (Å²) in [6.07, 6.45) is 0.706. The summed E-state index contributed by atoms with van der Waals surface area (Å²) in [7, 11) is -1.62. The first-order valence-electron chi connectivity index (χ1n) is 6.78. The number of hydrogen-bond acceptors (Lipinski definition) is 4.